The van der Waals surface area contributed by atoms with E-state index >= 15 is 0 Å². The summed E-state index contributed by atoms with van der Waals surface area (Å²) in [6, 6.07) is 68.9. The fourth-order valence-electron chi connectivity index (χ4n) is 14.4. The van der Waals surface area contributed by atoms with E-state index in [-0.39, 0.29) is 14.9 Å². The fourth-order valence-corrected chi connectivity index (χ4v) is 14.4. The molecular formula is C95H124N14. The van der Waals surface area contributed by atoms with Gasteiger partial charge in [0.05, 0.1) is 27.6 Å². The molecule has 0 aliphatic rings. The summed E-state index contributed by atoms with van der Waals surface area (Å²) < 4.78 is 0. The van der Waals surface area contributed by atoms with Gasteiger partial charge in [0, 0.05) is 40.0 Å². The number of rotatable bonds is 28. The van der Waals surface area contributed by atoms with Crippen LogP contribution >= 0.6 is 0 Å². The molecule has 0 saturated heterocycles. The molecule has 109 heavy (non-hydrogen) atoms. The van der Waals surface area contributed by atoms with E-state index in [9.17, 15) is 0 Å². The van der Waals surface area contributed by atoms with E-state index in [4.69, 9.17) is 51.6 Å². The van der Waals surface area contributed by atoms with Gasteiger partial charge in [-0.1, -0.05) is 258 Å². The Morgan fingerprint density at radius 3 is 0.972 bits per heavy atom. The lowest BCUT2D eigenvalue weighted by molar-refractivity contribution is 0.713. The largest absolute Gasteiger partial charge is 0.383 e. The molecule has 0 radical (unpaired) electrons. The molecule has 8 aromatic carbocycles. The van der Waals surface area contributed by atoms with E-state index in [1.807, 2.05) is 73.7 Å². The van der Waals surface area contributed by atoms with E-state index in [1.165, 1.54) is 145 Å². The highest BCUT2D eigenvalue weighted by Crippen LogP contribution is 2.34. The summed E-state index contributed by atoms with van der Waals surface area (Å²) in [6.07, 6.45) is 22.8. The predicted molar refractivity (Wildman–Crippen MR) is 471 cm³/mol. The van der Waals surface area contributed by atoms with Crippen molar-refractivity contribution in [1.82, 2.24) is 24.9 Å². The van der Waals surface area contributed by atoms with Crippen molar-refractivity contribution in [2.24, 2.45) is 22.9 Å². The number of para-hydroxylation sites is 4. The molecule has 0 unspecified atom stereocenters. The summed E-state index contributed by atoms with van der Waals surface area (Å²) in [5, 5.41) is 6.02. The predicted octanol–water partition coefficient (Wildman–Crippen LogP) is 20.3. The second-order valence-electron chi connectivity index (χ2n) is 28.0. The van der Waals surface area contributed by atoms with E-state index < -0.39 is 0 Å². The Morgan fingerprint density at radius 2 is 0.569 bits per heavy atom. The van der Waals surface area contributed by atoms with Gasteiger partial charge in [-0.25, -0.2) is 24.9 Å². The number of anilines is 5. The average molecular weight is 1460 g/mol. The highest BCUT2D eigenvalue weighted by atomic mass is 14.9. The number of pyridine rings is 5. The molecule has 5 aromatic heterocycles. The summed E-state index contributed by atoms with van der Waals surface area (Å²) in [7, 11) is 0. The van der Waals surface area contributed by atoms with Gasteiger partial charge in [0.15, 0.2) is 0 Å². The third kappa shape index (κ3) is 23.8. The lowest BCUT2D eigenvalue weighted by Gasteiger charge is -2.16. The number of unbranched alkanes of at least 4 members (excludes halogenated alkanes) is 8. The Bertz CT molecular complexity index is 4840. The van der Waals surface area contributed by atoms with Crippen LogP contribution in [0.4, 0.5) is 29.1 Å². The van der Waals surface area contributed by atoms with Crippen molar-refractivity contribution in [3.8, 4) is 0 Å². The smallest absolute Gasteiger partial charge is 0.127 e. The number of aryl methyl sites for hydroxylation is 1. The molecule has 574 valence electrons. The van der Waals surface area contributed by atoms with Gasteiger partial charge in [-0.05, 0) is 223 Å². The van der Waals surface area contributed by atoms with Crippen LogP contribution in [0.2, 0.25) is 0 Å². The summed E-state index contributed by atoms with van der Waals surface area (Å²) in [5.74, 6) is 3.34. The van der Waals surface area contributed by atoms with Crippen molar-refractivity contribution in [3.63, 3.8) is 0 Å². The maximum atomic E-state index is 6.35. The Labute approximate surface area is 650 Å². The van der Waals surface area contributed by atoms with E-state index in [1.54, 1.807) is 0 Å². The van der Waals surface area contributed by atoms with Crippen molar-refractivity contribution in [1.29, 1.82) is 0 Å². The minimum Gasteiger partial charge on any atom is -0.383 e. The standard InChI is InChI=1S/2C22H27N3.C17H16N2.2C16H23N3.2CH4/c1-2-3-4-11-19-20(14-16-8-7-9-17(13-16)15-23)18-10-5-6-12-21(18)25-22(19)24;1-2-3-4-8-19-20(14-16-10-12-17(15-23)13-11-16)18-7-5-6-9-21(18)25-22(19)24;1-12-10-15-14(11-13-6-3-2-4-7-13)8-5-9-16(15)19-17(12)18;2*1-2-3-4-8-14-12(10-11-17)13-7-5-6-9-15(13)19-16(14)18;;/h5-10,12-13H,2-4,11,14-15,23H2,1H3,(H2,24,25);5-7,9-13H,2-4,8,14-15,23H2,1H3,(H2,24,25);2-10H,11H2,1H3,(H2,18,19);2*5-7,9H,2-4,8,10-11,17H2,1H3,(H2,18,19);2*1H4. The summed E-state index contributed by atoms with van der Waals surface area (Å²) in [4.78, 5) is 22.8. The third-order valence-electron chi connectivity index (χ3n) is 20.1. The van der Waals surface area contributed by atoms with Crippen LogP contribution in [0.15, 0.2) is 200 Å². The molecule has 13 aromatic rings. The van der Waals surface area contributed by atoms with Crippen LogP contribution in [0.3, 0.4) is 0 Å². The first kappa shape index (κ1) is 85.9. The first-order valence-corrected chi connectivity index (χ1v) is 39.0. The number of nitrogen functional groups attached to an aromatic ring is 5. The topological polar surface area (TPSA) is 299 Å². The highest BCUT2D eigenvalue weighted by molar-refractivity contribution is 5.89. The first-order valence-electron chi connectivity index (χ1n) is 39.0. The van der Waals surface area contributed by atoms with Crippen LogP contribution < -0.4 is 51.6 Å². The zero-order valence-electron chi connectivity index (χ0n) is 64.2. The number of fused-ring (bicyclic) bond motifs is 5. The van der Waals surface area contributed by atoms with Crippen LogP contribution in [0.25, 0.3) is 54.5 Å². The molecule has 18 N–H and O–H groups in total. The van der Waals surface area contributed by atoms with Crippen LogP contribution in [0.5, 0.6) is 0 Å². The molecule has 13 rings (SSSR count). The maximum absolute atomic E-state index is 6.35. The molecule has 0 amide bonds. The number of nitrogens with zero attached hydrogens (tertiary/aromatic N) is 5. The molecule has 5 heterocycles. The van der Waals surface area contributed by atoms with Crippen molar-refractivity contribution in [2.45, 2.75) is 197 Å². The summed E-state index contributed by atoms with van der Waals surface area (Å²) in [6.45, 7) is 13.3. The van der Waals surface area contributed by atoms with Gasteiger partial charge < -0.3 is 51.6 Å². The number of aromatic nitrogens is 5. The average Bonchev–Trinajstić information content (AvgIpc) is 0.812. The molecule has 0 bridgehead atoms. The van der Waals surface area contributed by atoms with Gasteiger partial charge in [-0.2, -0.15) is 0 Å². The number of benzene rings is 8. The third-order valence-corrected chi connectivity index (χ3v) is 20.1. The van der Waals surface area contributed by atoms with Gasteiger partial charge in [0.25, 0.3) is 0 Å². The Kier molecular flexibility index (Phi) is 35.3. The van der Waals surface area contributed by atoms with Gasteiger partial charge in [0.1, 0.15) is 29.1 Å². The zero-order chi connectivity index (χ0) is 75.9. The Hall–Kier alpha value is -10.4. The lowest BCUT2D eigenvalue weighted by Crippen LogP contribution is -2.10. The van der Waals surface area contributed by atoms with Crippen LogP contribution in [-0.4, -0.2) is 38.0 Å². The molecule has 0 aliphatic heterocycles. The minimum atomic E-state index is 0. The molecule has 0 atom stereocenters. The van der Waals surface area contributed by atoms with Gasteiger partial charge in [0.2, 0.25) is 0 Å². The van der Waals surface area contributed by atoms with Gasteiger partial charge in [-0.3, -0.25) is 0 Å². The van der Waals surface area contributed by atoms with Crippen molar-refractivity contribution in [3.05, 3.63) is 284 Å². The van der Waals surface area contributed by atoms with Crippen LogP contribution in [0, 0.1) is 6.92 Å². The number of nitrogens with two attached hydrogens (primary N) is 9. The maximum Gasteiger partial charge on any atom is 0.127 e. The fraction of sp³-hybridized carbons (Fsp3) is 0.337. The second kappa shape index (κ2) is 44.8. The zero-order valence-corrected chi connectivity index (χ0v) is 64.2. The normalized spacial score (nSPS) is 10.8. The first-order chi connectivity index (χ1) is 52.2. The SMILES string of the molecule is C.C.CCCCCc1c(N)nc2ccccc2c1CCN.CCCCCc1c(N)nc2ccccc2c1CCN.CCCCCc1c(N)nc2ccccc2c1Cc1ccc(CN)cc1.CCCCCc1c(N)nc2ccccc2c1Cc1cccc(CN)c1.Cc1cc2c(Cc3ccccc3)cccc2nc1N. The molecular weight excluding hydrogens is 1340 g/mol. The molecule has 14 heteroatoms. The lowest BCUT2D eigenvalue weighted by atomic mass is 9.92. The second-order valence-corrected chi connectivity index (χ2v) is 28.0. The molecule has 0 aliphatic carbocycles. The van der Waals surface area contributed by atoms with Gasteiger partial charge >= 0.3 is 0 Å². The minimum absolute atomic E-state index is 0. The number of hydrogen-bond acceptors (Lipinski definition) is 14. The van der Waals surface area contributed by atoms with Crippen LogP contribution in [-0.2, 0) is 70.9 Å². The summed E-state index contributed by atoms with van der Waals surface area (Å²) >= 11 is 0. The van der Waals surface area contributed by atoms with E-state index in [2.05, 4.69) is 186 Å². The molecule has 0 spiro atoms. The summed E-state index contributed by atoms with van der Waals surface area (Å²) in [5.41, 5.74) is 77.4. The molecule has 0 fully saturated rings. The molecule has 14 nitrogen and oxygen atoms in total. The van der Waals surface area contributed by atoms with E-state index in [0.717, 1.165) is 128 Å². The van der Waals surface area contributed by atoms with Crippen LogP contribution in [0.1, 0.15) is 203 Å². The Morgan fingerprint density at radius 1 is 0.257 bits per heavy atom. The van der Waals surface area contributed by atoms with Crippen molar-refractivity contribution in [2.75, 3.05) is 41.8 Å². The quantitative estimate of drug-likeness (QED) is 0.0206. The van der Waals surface area contributed by atoms with Crippen molar-refractivity contribution >= 4 is 83.6 Å². The molecule has 0 saturated carbocycles. The van der Waals surface area contributed by atoms with Gasteiger partial charge in [-0.15, -0.1) is 0 Å². The Balaban J connectivity index is 0.000000190. The van der Waals surface area contributed by atoms with Crippen molar-refractivity contribution < 1.29 is 0 Å². The number of hydrogen-bond donors (Lipinski definition) is 9. The van der Waals surface area contributed by atoms with E-state index in [0.29, 0.717) is 55.3 Å². The highest BCUT2D eigenvalue weighted by Gasteiger charge is 2.18. The monoisotopic (exact) mass is 1460 g/mol.